The molecule has 392 valence electrons. The van der Waals surface area contributed by atoms with Gasteiger partial charge in [0.2, 0.25) is 0 Å². The molecule has 0 spiro atoms. The molecule has 0 aliphatic heterocycles. The number of aromatic nitrogens is 2. The third kappa shape index (κ3) is 14.1. The number of carbonyl (C=O) groups excluding carboxylic acids is 3. The number of halogens is 2. The van der Waals surface area contributed by atoms with Crippen molar-refractivity contribution >= 4 is 29.5 Å². The molecule has 0 atom stereocenters. The molecule has 8 aromatic rings. The van der Waals surface area contributed by atoms with Crippen molar-refractivity contribution in [3.63, 3.8) is 0 Å². The van der Waals surface area contributed by atoms with Gasteiger partial charge in [0.25, 0.3) is 11.8 Å². The van der Waals surface area contributed by atoms with E-state index in [-0.39, 0.29) is 56.4 Å². The second-order valence-corrected chi connectivity index (χ2v) is 18.1. The molecule has 0 bridgehead atoms. The van der Waals surface area contributed by atoms with Crippen LogP contribution in [0.15, 0.2) is 170 Å². The standard InChI is InChI=1S/C33H37FN2O3.C29H27FN2O2.2CH4/c1-5-38-28(39-6-2)21-22-36-31(23(3)4)30(33(37)35-27-15-11-8-12-16-27)29(24-13-9-7-10-14-24)32(36)25-17-19-26(34)20-18-25;1-20(2)27-26(29(34)31-24-12-7-4-8-13-24)25(21-10-5-3-6-11-21)28(32(27)18-9-19-33)22-14-16-23(30)17-15-22;;/h7-20,23,28H,5-6,21-22H2,1-4H3,(H,35,37);3-8,10-17,19-20H,9,18H2,1-2H3,(H,31,34);2*1H4. The second-order valence-electron chi connectivity index (χ2n) is 18.1. The zero-order chi connectivity index (χ0) is 51.9. The summed E-state index contributed by atoms with van der Waals surface area (Å²) in [6.07, 6.45) is 1.41. The molecule has 0 saturated heterocycles. The largest absolute Gasteiger partial charge is 0.353 e. The molecule has 9 nitrogen and oxygen atoms in total. The lowest BCUT2D eigenvalue weighted by atomic mass is 9.94. The van der Waals surface area contributed by atoms with Crippen LogP contribution in [0.4, 0.5) is 20.2 Å². The molecule has 0 radical (unpaired) electrons. The highest BCUT2D eigenvalue weighted by molar-refractivity contribution is 6.13. The fraction of sp³-hybridized carbons (Fsp3) is 0.266. The average Bonchev–Trinajstić information content (AvgIpc) is 3.95. The summed E-state index contributed by atoms with van der Waals surface area (Å²) in [4.78, 5) is 39.2. The Bertz CT molecular complexity index is 3040. The zero-order valence-electron chi connectivity index (χ0n) is 42.4. The minimum absolute atomic E-state index is 0. The molecular weight excluding hydrogens is 943 g/mol. The number of rotatable bonds is 20. The van der Waals surface area contributed by atoms with Crippen LogP contribution in [-0.4, -0.2) is 46.7 Å². The van der Waals surface area contributed by atoms with Crippen molar-refractivity contribution in [3.05, 3.63) is 204 Å². The molecule has 0 saturated carbocycles. The van der Waals surface area contributed by atoms with E-state index in [1.165, 1.54) is 24.3 Å². The summed E-state index contributed by atoms with van der Waals surface area (Å²) in [5, 5.41) is 6.15. The van der Waals surface area contributed by atoms with Gasteiger partial charge in [-0.1, -0.05) is 140 Å². The highest BCUT2D eigenvalue weighted by atomic mass is 19.1. The Morgan fingerprint density at radius 1 is 0.507 bits per heavy atom. The first-order valence-electron chi connectivity index (χ1n) is 25.0. The summed E-state index contributed by atoms with van der Waals surface area (Å²) in [5.74, 6) is -1.02. The molecule has 75 heavy (non-hydrogen) atoms. The van der Waals surface area contributed by atoms with Gasteiger partial charge >= 0.3 is 0 Å². The van der Waals surface area contributed by atoms with E-state index in [2.05, 4.69) is 33.6 Å². The van der Waals surface area contributed by atoms with Crippen LogP contribution in [0.1, 0.15) is 113 Å². The SMILES string of the molecule is C.C.CC(C)c1c(C(=O)Nc2ccccc2)c(-c2ccccc2)c(-c2ccc(F)cc2)n1CCC=O.CCOC(CCn1c(-c2ccc(F)cc2)c(-c2ccccc2)c(C(=O)Nc2ccccc2)c1C(C)C)OCC. The highest BCUT2D eigenvalue weighted by Gasteiger charge is 2.32. The molecule has 2 N–H and O–H groups in total. The molecule has 2 amide bonds. The van der Waals surface area contributed by atoms with Gasteiger partial charge in [0.05, 0.1) is 22.5 Å². The third-order valence-corrected chi connectivity index (χ3v) is 12.3. The number of aldehydes is 1. The molecule has 8 rings (SSSR count). The quantitative estimate of drug-likeness (QED) is 0.0585. The number of amides is 2. The summed E-state index contributed by atoms with van der Waals surface area (Å²) >= 11 is 0. The van der Waals surface area contributed by atoms with Crippen LogP contribution in [0.5, 0.6) is 0 Å². The minimum atomic E-state index is -0.370. The van der Waals surface area contributed by atoms with Crippen LogP contribution in [0.25, 0.3) is 44.8 Å². The fourth-order valence-corrected chi connectivity index (χ4v) is 9.42. The first-order chi connectivity index (χ1) is 35.4. The normalized spacial score (nSPS) is 10.9. The molecule has 0 aliphatic rings. The topological polar surface area (TPSA) is 104 Å². The number of ether oxygens (including phenoxy) is 2. The molecule has 2 heterocycles. The van der Waals surface area contributed by atoms with Crippen LogP contribution in [0.2, 0.25) is 0 Å². The highest BCUT2D eigenvalue weighted by Crippen LogP contribution is 2.44. The molecule has 0 fully saturated rings. The number of hydrogen-bond acceptors (Lipinski definition) is 5. The van der Waals surface area contributed by atoms with E-state index in [0.29, 0.717) is 56.0 Å². The number of para-hydroxylation sites is 2. The van der Waals surface area contributed by atoms with Crippen LogP contribution in [0, 0.1) is 11.6 Å². The molecule has 0 aliphatic carbocycles. The molecular formula is C64H72F2N4O5. The van der Waals surface area contributed by atoms with Crippen molar-refractivity contribution in [1.82, 2.24) is 9.13 Å². The average molecular weight is 1020 g/mol. The maximum Gasteiger partial charge on any atom is 0.258 e. The van der Waals surface area contributed by atoms with E-state index in [0.717, 1.165) is 68.1 Å². The molecule has 2 aromatic heterocycles. The van der Waals surface area contributed by atoms with E-state index < -0.39 is 0 Å². The first kappa shape index (κ1) is 58.2. The predicted octanol–water partition coefficient (Wildman–Crippen LogP) is 16.3. The predicted molar refractivity (Wildman–Crippen MR) is 303 cm³/mol. The Morgan fingerprint density at radius 3 is 1.19 bits per heavy atom. The molecule has 11 heteroatoms. The number of nitrogens with zero attached hydrogens (tertiary/aromatic N) is 2. The van der Waals surface area contributed by atoms with Gasteiger partial charge in [-0.25, -0.2) is 8.78 Å². The van der Waals surface area contributed by atoms with Crippen molar-refractivity contribution in [3.8, 4) is 44.8 Å². The summed E-state index contributed by atoms with van der Waals surface area (Å²) in [6, 6.07) is 51.2. The van der Waals surface area contributed by atoms with Gasteiger partial charge in [-0.3, -0.25) is 9.59 Å². The third-order valence-electron chi connectivity index (χ3n) is 12.3. The van der Waals surface area contributed by atoms with Crippen molar-refractivity contribution in [1.29, 1.82) is 0 Å². The second kappa shape index (κ2) is 28.1. The Balaban J connectivity index is 0.000000272. The summed E-state index contributed by atoms with van der Waals surface area (Å²) in [7, 11) is 0. The Hall–Kier alpha value is -7.73. The summed E-state index contributed by atoms with van der Waals surface area (Å²) in [5.41, 5.74) is 11.0. The van der Waals surface area contributed by atoms with Crippen molar-refractivity contribution in [2.45, 2.75) is 100 Å². The number of anilines is 2. The van der Waals surface area contributed by atoms with Crippen LogP contribution in [0.3, 0.4) is 0 Å². The van der Waals surface area contributed by atoms with E-state index in [1.807, 2.05) is 149 Å². The lowest BCUT2D eigenvalue weighted by molar-refractivity contribution is -0.140. The number of benzene rings is 6. The van der Waals surface area contributed by atoms with Crippen molar-refractivity contribution in [2.24, 2.45) is 0 Å². The van der Waals surface area contributed by atoms with Gasteiger partial charge in [0.1, 0.15) is 17.9 Å². The minimum Gasteiger partial charge on any atom is -0.353 e. The van der Waals surface area contributed by atoms with Gasteiger partial charge < -0.3 is 34.0 Å². The lowest BCUT2D eigenvalue weighted by Gasteiger charge is -2.21. The van der Waals surface area contributed by atoms with E-state index >= 15 is 0 Å². The maximum atomic E-state index is 14.1. The Kier molecular flexibility index (Phi) is 21.8. The van der Waals surface area contributed by atoms with E-state index in [1.54, 1.807) is 24.3 Å². The van der Waals surface area contributed by atoms with Crippen LogP contribution >= 0.6 is 0 Å². The van der Waals surface area contributed by atoms with Gasteiger partial charge in [0, 0.05) is 73.0 Å². The fourth-order valence-electron chi connectivity index (χ4n) is 9.42. The van der Waals surface area contributed by atoms with Gasteiger partial charge in [0.15, 0.2) is 6.29 Å². The summed E-state index contributed by atoms with van der Waals surface area (Å²) in [6.45, 7) is 14.2. The van der Waals surface area contributed by atoms with Gasteiger partial charge in [-0.2, -0.15) is 0 Å². The Labute approximate surface area is 442 Å². The maximum absolute atomic E-state index is 14.1. The Morgan fingerprint density at radius 2 is 0.853 bits per heavy atom. The van der Waals surface area contributed by atoms with Crippen LogP contribution < -0.4 is 10.6 Å². The molecule has 6 aromatic carbocycles. The lowest BCUT2D eigenvalue weighted by Crippen LogP contribution is -2.21. The van der Waals surface area contributed by atoms with E-state index in [9.17, 15) is 23.2 Å². The summed E-state index contributed by atoms with van der Waals surface area (Å²) < 4.78 is 43.8. The van der Waals surface area contributed by atoms with Gasteiger partial charge in [-0.05, 0) is 121 Å². The van der Waals surface area contributed by atoms with Crippen LogP contribution in [-0.2, 0) is 27.4 Å². The molecule has 0 unspecified atom stereocenters. The van der Waals surface area contributed by atoms with Crippen molar-refractivity contribution in [2.75, 3.05) is 23.8 Å². The van der Waals surface area contributed by atoms with E-state index in [4.69, 9.17) is 9.47 Å². The zero-order valence-corrected chi connectivity index (χ0v) is 42.4. The van der Waals surface area contributed by atoms with Gasteiger partial charge in [-0.15, -0.1) is 0 Å². The monoisotopic (exact) mass is 1010 g/mol. The van der Waals surface area contributed by atoms with Crippen molar-refractivity contribution < 1.29 is 32.6 Å². The number of hydrogen-bond donors (Lipinski definition) is 2. The number of carbonyl (C=O) groups is 3. The number of nitrogens with one attached hydrogen (secondary N) is 2. The smallest absolute Gasteiger partial charge is 0.258 e. The first-order valence-corrected chi connectivity index (χ1v) is 25.0.